The predicted molar refractivity (Wildman–Crippen MR) is 117 cm³/mol. The van der Waals surface area contributed by atoms with Crippen LogP contribution in [0.3, 0.4) is 0 Å². The lowest BCUT2D eigenvalue weighted by Crippen LogP contribution is -2.30. The summed E-state index contributed by atoms with van der Waals surface area (Å²) in [5, 5.41) is 3.44. The Kier molecular flexibility index (Phi) is 6.17. The fourth-order valence-corrected chi connectivity index (χ4v) is 4.20. The van der Waals surface area contributed by atoms with Gasteiger partial charge in [0.25, 0.3) is 5.56 Å². The topological polar surface area (TPSA) is 34.0 Å². The van der Waals surface area contributed by atoms with Crippen LogP contribution in [0, 0.1) is 0 Å². The minimum Gasteiger partial charge on any atom is -0.379 e. The van der Waals surface area contributed by atoms with E-state index in [0.29, 0.717) is 0 Å². The molecule has 0 atom stereocenters. The van der Waals surface area contributed by atoms with Crippen molar-refractivity contribution in [1.29, 1.82) is 0 Å². The zero-order chi connectivity index (χ0) is 19.3. The van der Waals surface area contributed by atoms with Crippen LogP contribution in [0.2, 0.25) is 0 Å². The van der Waals surface area contributed by atoms with E-state index in [4.69, 9.17) is 0 Å². The van der Waals surface area contributed by atoms with Gasteiger partial charge in [-0.25, -0.2) is 0 Å². The predicted octanol–water partition coefficient (Wildman–Crippen LogP) is 5.77. The maximum Gasteiger partial charge on any atom is 0.285 e. The molecule has 1 heterocycles. The van der Waals surface area contributed by atoms with E-state index in [1.165, 1.54) is 5.56 Å². The molecule has 142 valence electrons. The van der Waals surface area contributed by atoms with E-state index >= 15 is 0 Å². The van der Waals surface area contributed by atoms with Crippen molar-refractivity contribution in [3.05, 3.63) is 76.6 Å². The molecule has 0 bridgehead atoms. The van der Waals surface area contributed by atoms with Crippen LogP contribution in [0.1, 0.15) is 39.2 Å². The lowest BCUT2D eigenvalue weighted by Gasteiger charge is -2.18. The first-order valence-corrected chi connectivity index (χ1v) is 10.3. The second-order valence-corrected chi connectivity index (χ2v) is 8.76. The minimum absolute atomic E-state index is 0.0782. The van der Waals surface area contributed by atoms with Crippen LogP contribution in [0.25, 0.3) is 10.4 Å². The molecular weight excluding hydrogens is 352 g/mol. The third-order valence-corrected chi connectivity index (χ3v) is 6.01. The molecule has 0 saturated carbocycles. The van der Waals surface area contributed by atoms with Crippen LogP contribution in [0.5, 0.6) is 0 Å². The second-order valence-electron chi connectivity index (χ2n) is 7.80. The van der Waals surface area contributed by atoms with Gasteiger partial charge in [-0.3, -0.25) is 8.75 Å². The van der Waals surface area contributed by atoms with Gasteiger partial charge in [0, 0.05) is 6.54 Å². The summed E-state index contributed by atoms with van der Waals surface area (Å²) in [5.74, 6) is 0. The number of hydrogen-bond acceptors (Lipinski definition) is 3. The maximum absolute atomic E-state index is 13.0. The molecular formula is C23H28N2OS. The van der Waals surface area contributed by atoms with Crippen molar-refractivity contribution in [2.24, 2.45) is 0 Å². The van der Waals surface area contributed by atoms with Gasteiger partial charge in [-0.1, -0.05) is 72.2 Å². The third-order valence-electron chi connectivity index (χ3n) is 4.49. The highest BCUT2D eigenvalue weighted by Crippen LogP contribution is 2.33. The molecule has 0 aliphatic heterocycles. The lowest BCUT2D eigenvalue weighted by atomic mass is 10.1. The molecule has 1 aromatic heterocycles. The first-order valence-electron chi connectivity index (χ1n) is 9.57. The molecule has 27 heavy (non-hydrogen) atoms. The van der Waals surface area contributed by atoms with E-state index in [0.717, 1.165) is 41.9 Å². The number of aromatic nitrogens is 1. The SMILES string of the molecule is CC(C)(C)n1sc(-c2ccccc2)c(NCCCCc2ccccc2)c1=O. The summed E-state index contributed by atoms with van der Waals surface area (Å²) >= 11 is 1.55. The normalized spacial score (nSPS) is 11.5. The Morgan fingerprint density at radius 2 is 1.56 bits per heavy atom. The fraction of sp³-hybridized carbons (Fsp3) is 0.348. The zero-order valence-electron chi connectivity index (χ0n) is 16.4. The number of benzene rings is 2. The Labute approximate surface area is 165 Å². The number of hydrogen-bond donors (Lipinski definition) is 1. The first-order chi connectivity index (χ1) is 13.0. The lowest BCUT2D eigenvalue weighted by molar-refractivity contribution is 0.419. The van der Waals surface area contributed by atoms with Gasteiger partial charge in [0.05, 0.1) is 10.4 Å². The molecule has 0 spiro atoms. The summed E-state index contributed by atoms with van der Waals surface area (Å²) in [5.41, 5.74) is 3.05. The molecule has 0 aliphatic carbocycles. The van der Waals surface area contributed by atoms with Crippen LogP contribution in [0.15, 0.2) is 65.5 Å². The van der Waals surface area contributed by atoms with Crippen LogP contribution in [-0.2, 0) is 12.0 Å². The van der Waals surface area contributed by atoms with Crippen LogP contribution < -0.4 is 10.9 Å². The van der Waals surface area contributed by atoms with E-state index < -0.39 is 0 Å². The zero-order valence-corrected chi connectivity index (χ0v) is 17.2. The molecule has 4 heteroatoms. The van der Waals surface area contributed by atoms with Crippen molar-refractivity contribution >= 4 is 17.2 Å². The number of nitrogens with zero attached hydrogens (tertiary/aromatic N) is 1. The molecule has 2 aromatic carbocycles. The van der Waals surface area contributed by atoms with Crippen molar-refractivity contribution in [3.63, 3.8) is 0 Å². The van der Waals surface area contributed by atoms with Gasteiger partial charge in [-0.2, -0.15) is 0 Å². The molecule has 0 saturated heterocycles. The standard InChI is InChI=1S/C23H28N2OS/c1-23(2,3)25-22(26)20(21(27-25)19-15-8-5-9-16-19)24-17-11-10-14-18-12-6-4-7-13-18/h4-9,12-13,15-16,24H,10-11,14,17H2,1-3H3. The largest absolute Gasteiger partial charge is 0.379 e. The van der Waals surface area contributed by atoms with Gasteiger partial charge < -0.3 is 5.32 Å². The second kappa shape index (κ2) is 8.57. The van der Waals surface area contributed by atoms with Gasteiger partial charge in [-0.05, 0) is 51.2 Å². The number of aryl methyl sites for hydroxylation is 1. The summed E-state index contributed by atoms with van der Waals surface area (Å²) in [6.45, 7) is 7.03. The van der Waals surface area contributed by atoms with E-state index in [9.17, 15) is 4.79 Å². The van der Waals surface area contributed by atoms with Gasteiger partial charge in [0.15, 0.2) is 0 Å². The summed E-state index contributed by atoms with van der Waals surface area (Å²) in [7, 11) is 0. The summed E-state index contributed by atoms with van der Waals surface area (Å²) in [4.78, 5) is 14.0. The minimum atomic E-state index is -0.224. The van der Waals surface area contributed by atoms with Crippen molar-refractivity contribution in [2.45, 2.75) is 45.6 Å². The number of anilines is 1. The van der Waals surface area contributed by atoms with E-state index in [-0.39, 0.29) is 11.1 Å². The number of nitrogens with one attached hydrogen (secondary N) is 1. The Morgan fingerprint density at radius 3 is 2.19 bits per heavy atom. The molecule has 0 unspecified atom stereocenters. The monoisotopic (exact) mass is 380 g/mol. The Hall–Kier alpha value is -2.33. The smallest absolute Gasteiger partial charge is 0.285 e. The van der Waals surface area contributed by atoms with Crippen molar-refractivity contribution in [1.82, 2.24) is 3.96 Å². The first kappa shape index (κ1) is 19.4. The molecule has 0 fully saturated rings. The fourth-order valence-electron chi connectivity index (χ4n) is 3.07. The Morgan fingerprint density at radius 1 is 0.926 bits per heavy atom. The maximum atomic E-state index is 13.0. The van der Waals surface area contributed by atoms with Gasteiger partial charge in [0.1, 0.15) is 5.69 Å². The van der Waals surface area contributed by atoms with Gasteiger partial charge in [-0.15, -0.1) is 0 Å². The molecule has 0 amide bonds. The molecule has 3 aromatic rings. The average molecular weight is 381 g/mol. The average Bonchev–Trinajstić information content (AvgIpc) is 3.00. The highest BCUT2D eigenvalue weighted by atomic mass is 32.1. The van der Waals surface area contributed by atoms with Crippen molar-refractivity contribution in [2.75, 3.05) is 11.9 Å². The van der Waals surface area contributed by atoms with Gasteiger partial charge in [0.2, 0.25) is 0 Å². The molecule has 0 radical (unpaired) electrons. The van der Waals surface area contributed by atoms with Crippen LogP contribution in [0.4, 0.5) is 5.69 Å². The molecule has 3 rings (SSSR count). The number of unbranched alkanes of at least 4 members (excludes halogenated alkanes) is 1. The summed E-state index contributed by atoms with van der Waals surface area (Å²) in [6.07, 6.45) is 3.22. The van der Waals surface area contributed by atoms with E-state index in [2.05, 4.69) is 62.5 Å². The number of rotatable bonds is 7. The molecule has 3 nitrogen and oxygen atoms in total. The van der Waals surface area contributed by atoms with Gasteiger partial charge >= 0.3 is 0 Å². The Bertz CT molecular complexity index is 905. The molecule has 0 aliphatic rings. The highest BCUT2D eigenvalue weighted by Gasteiger charge is 2.23. The molecule has 1 N–H and O–H groups in total. The summed E-state index contributed by atoms with van der Waals surface area (Å²) < 4.78 is 1.88. The summed E-state index contributed by atoms with van der Waals surface area (Å²) in [6, 6.07) is 20.7. The highest BCUT2D eigenvalue weighted by molar-refractivity contribution is 7.11. The van der Waals surface area contributed by atoms with Crippen LogP contribution >= 0.6 is 11.5 Å². The third kappa shape index (κ3) is 4.89. The van der Waals surface area contributed by atoms with Crippen molar-refractivity contribution < 1.29 is 0 Å². The van der Waals surface area contributed by atoms with Crippen LogP contribution in [-0.4, -0.2) is 10.5 Å². The van der Waals surface area contributed by atoms with E-state index in [1.807, 2.05) is 28.2 Å². The van der Waals surface area contributed by atoms with E-state index in [1.54, 1.807) is 11.5 Å². The quantitative estimate of drug-likeness (QED) is 0.528. The van der Waals surface area contributed by atoms with Crippen molar-refractivity contribution in [3.8, 4) is 10.4 Å². The Balaban J connectivity index is 1.72.